The van der Waals surface area contributed by atoms with Crippen LogP contribution in [0.15, 0.2) is 0 Å². The molecule has 0 radical (unpaired) electrons. The Kier molecular flexibility index (Phi) is 6.88. The van der Waals surface area contributed by atoms with Gasteiger partial charge in [0.05, 0.1) is 13.2 Å². The molecule has 7 nitrogen and oxygen atoms in total. The summed E-state index contributed by atoms with van der Waals surface area (Å²) >= 11 is 0. The smallest absolute Gasteiger partial charge is 0.323 e. The Morgan fingerprint density at radius 1 is 1.21 bits per heavy atom. The van der Waals surface area contributed by atoms with Gasteiger partial charge in [-0.15, -0.1) is 0 Å². The molecule has 0 spiro atoms. The summed E-state index contributed by atoms with van der Waals surface area (Å²) in [7, 11) is 1.75. The third kappa shape index (κ3) is 4.86. The van der Waals surface area contributed by atoms with E-state index in [1.807, 2.05) is 11.8 Å². The summed E-state index contributed by atoms with van der Waals surface area (Å²) in [6.07, 6.45) is 2.09. The van der Waals surface area contributed by atoms with Crippen LogP contribution in [0.1, 0.15) is 26.7 Å². The summed E-state index contributed by atoms with van der Waals surface area (Å²) in [5, 5.41) is 12.0. The van der Waals surface area contributed by atoms with Crippen LogP contribution in [-0.2, 0) is 0 Å². The van der Waals surface area contributed by atoms with E-state index in [1.165, 1.54) is 0 Å². The topological polar surface area (TPSA) is 83.4 Å². The zero-order chi connectivity index (χ0) is 14.1. The first-order valence-corrected chi connectivity index (χ1v) is 6.67. The largest absolute Gasteiger partial charge is 0.464 e. The number of nitrogens with one attached hydrogen (secondary N) is 1. The van der Waals surface area contributed by atoms with Crippen molar-refractivity contribution >= 4 is 11.9 Å². The maximum atomic E-state index is 9.14. The van der Waals surface area contributed by atoms with Crippen molar-refractivity contribution < 1.29 is 9.84 Å². The van der Waals surface area contributed by atoms with Crippen LogP contribution in [0.3, 0.4) is 0 Å². The number of unbranched alkanes of at least 4 members (excludes halogenated alkanes) is 1. The van der Waals surface area contributed by atoms with Gasteiger partial charge in [0, 0.05) is 20.1 Å². The highest BCUT2D eigenvalue weighted by Gasteiger charge is 2.13. The monoisotopic (exact) mass is 269 g/mol. The normalized spacial score (nSPS) is 10.3. The van der Waals surface area contributed by atoms with Crippen LogP contribution < -0.4 is 15.0 Å². The fraction of sp³-hybridized carbons (Fsp3) is 0.750. The first-order chi connectivity index (χ1) is 9.24. The lowest BCUT2D eigenvalue weighted by atomic mass is 10.3. The van der Waals surface area contributed by atoms with Crippen LogP contribution in [0.5, 0.6) is 6.01 Å². The van der Waals surface area contributed by atoms with Gasteiger partial charge in [0.25, 0.3) is 0 Å². The number of hydrogen-bond donors (Lipinski definition) is 2. The average molecular weight is 269 g/mol. The highest BCUT2D eigenvalue weighted by atomic mass is 16.5. The predicted molar refractivity (Wildman–Crippen MR) is 74.7 cm³/mol. The molecule has 0 aliphatic rings. The summed E-state index contributed by atoms with van der Waals surface area (Å²) in [6.45, 7) is 5.87. The second-order valence-electron chi connectivity index (χ2n) is 3.99. The molecule has 0 saturated carbocycles. The van der Waals surface area contributed by atoms with Gasteiger partial charge < -0.3 is 20.1 Å². The van der Waals surface area contributed by atoms with Gasteiger partial charge in [-0.05, 0) is 13.3 Å². The minimum Gasteiger partial charge on any atom is -0.464 e. The van der Waals surface area contributed by atoms with Crippen LogP contribution in [0, 0.1) is 0 Å². The minimum absolute atomic E-state index is 0.0637. The maximum Gasteiger partial charge on any atom is 0.323 e. The molecule has 7 heteroatoms. The molecule has 1 aromatic rings. The standard InChI is InChI=1S/C12H23N5O2/c1-4-6-7-17(8-9-18)11-14-10(13-3)15-12(16-11)19-5-2/h18H,4-9H2,1-3H3,(H,13,14,15,16). The fourth-order valence-electron chi connectivity index (χ4n) is 1.57. The molecular weight excluding hydrogens is 246 g/mol. The summed E-state index contributed by atoms with van der Waals surface area (Å²) in [6, 6.07) is 0.302. The van der Waals surface area contributed by atoms with Crippen LogP contribution in [0.4, 0.5) is 11.9 Å². The zero-order valence-corrected chi connectivity index (χ0v) is 11.9. The molecular formula is C12H23N5O2. The van der Waals surface area contributed by atoms with Crippen molar-refractivity contribution in [1.82, 2.24) is 15.0 Å². The third-order valence-corrected chi connectivity index (χ3v) is 2.53. The first-order valence-electron chi connectivity index (χ1n) is 6.67. The number of aliphatic hydroxyl groups excluding tert-OH is 1. The van der Waals surface area contributed by atoms with E-state index in [0.717, 1.165) is 19.4 Å². The molecule has 2 N–H and O–H groups in total. The second-order valence-corrected chi connectivity index (χ2v) is 3.99. The molecule has 0 saturated heterocycles. The van der Waals surface area contributed by atoms with Gasteiger partial charge in [-0.2, -0.15) is 15.0 Å². The Labute approximate surface area is 114 Å². The Hall–Kier alpha value is -1.63. The fourth-order valence-corrected chi connectivity index (χ4v) is 1.57. The Morgan fingerprint density at radius 3 is 2.58 bits per heavy atom. The number of ether oxygens (including phenoxy) is 1. The van der Waals surface area contributed by atoms with E-state index in [9.17, 15) is 0 Å². The molecule has 0 aliphatic carbocycles. The van der Waals surface area contributed by atoms with Crippen molar-refractivity contribution in [3.8, 4) is 6.01 Å². The molecule has 0 aromatic carbocycles. The van der Waals surface area contributed by atoms with Crippen molar-refractivity contribution in [2.24, 2.45) is 0 Å². The summed E-state index contributed by atoms with van der Waals surface area (Å²) in [4.78, 5) is 14.6. The van der Waals surface area contributed by atoms with E-state index in [4.69, 9.17) is 9.84 Å². The van der Waals surface area contributed by atoms with Gasteiger partial charge in [-0.1, -0.05) is 13.3 Å². The molecule has 1 heterocycles. The molecule has 19 heavy (non-hydrogen) atoms. The van der Waals surface area contributed by atoms with Crippen molar-refractivity contribution in [3.63, 3.8) is 0 Å². The number of rotatable bonds is 9. The lowest BCUT2D eigenvalue weighted by Gasteiger charge is -2.21. The first kappa shape index (κ1) is 15.4. The molecule has 0 amide bonds. The van der Waals surface area contributed by atoms with Gasteiger partial charge in [0.1, 0.15) is 0 Å². The van der Waals surface area contributed by atoms with Gasteiger partial charge in [0.15, 0.2) is 0 Å². The number of anilines is 2. The minimum atomic E-state index is 0.0637. The summed E-state index contributed by atoms with van der Waals surface area (Å²) < 4.78 is 5.33. The number of aliphatic hydroxyl groups is 1. The van der Waals surface area contributed by atoms with Crippen LogP contribution in [-0.4, -0.2) is 53.4 Å². The third-order valence-electron chi connectivity index (χ3n) is 2.53. The summed E-state index contributed by atoms with van der Waals surface area (Å²) in [5.41, 5.74) is 0. The molecule has 1 aromatic heterocycles. The van der Waals surface area contributed by atoms with Crippen molar-refractivity contribution in [2.45, 2.75) is 26.7 Å². The van der Waals surface area contributed by atoms with E-state index < -0.39 is 0 Å². The number of aromatic nitrogens is 3. The van der Waals surface area contributed by atoms with Gasteiger partial charge in [-0.25, -0.2) is 0 Å². The van der Waals surface area contributed by atoms with E-state index in [1.54, 1.807) is 7.05 Å². The van der Waals surface area contributed by atoms with E-state index >= 15 is 0 Å². The van der Waals surface area contributed by atoms with Crippen molar-refractivity contribution in [1.29, 1.82) is 0 Å². The van der Waals surface area contributed by atoms with E-state index in [-0.39, 0.29) is 6.61 Å². The van der Waals surface area contributed by atoms with E-state index in [0.29, 0.717) is 31.1 Å². The number of nitrogens with zero attached hydrogens (tertiary/aromatic N) is 4. The van der Waals surface area contributed by atoms with Gasteiger partial charge in [0.2, 0.25) is 11.9 Å². The summed E-state index contributed by atoms with van der Waals surface area (Å²) in [5.74, 6) is 0.998. The van der Waals surface area contributed by atoms with Gasteiger partial charge >= 0.3 is 6.01 Å². The highest BCUT2D eigenvalue weighted by Crippen LogP contribution is 2.15. The molecule has 0 atom stereocenters. The second kappa shape index (κ2) is 8.47. The van der Waals surface area contributed by atoms with Crippen LogP contribution >= 0.6 is 0 Å². The average Bonchev–Trinajstić information content (AvgIpc) is 2.43. The Balaban J connectivity index is 2.95. The SMILES string of the molecule is CCCCN(CCO)c1nc(NC)nc(OCC)n1. The molecule has 0 fully saturated rings. The zero-order valence-electron chi connectivity index (χ0n) is 11.9. The quantitative estimate of drug-likeness (QED) is 0.689. The molecule has 0 unspecified atom stereocenters. The van der Waals surface area contributed by atoms with Crippen LogP contribution in [0.2, 0.25) is 0 Å². The lowest BCUT2D eigenvalue weighted by molar-refractivity contribution is 0.298. The number of hydrogen-bond acceptors (Lipinski definition) is 7. The molecule has 108 valence electrons. The Morgan fingerprint density at radius 2 is 2.00 bits per heavy atom. The molecule has 0 bridgehead atoms. The van der Waals surface area contributed by atoms with Gasteiger partial charge in [-0.3, -0.25) is 0 Å². The van der Waals surface area contributed by atoms with Crippen molar-refractivity contribution in [2.75, 3.05) is 43.6 Å². The predicted octanol–water partition coefficient (Wildman–Crippen LogP) is 0.911. The Bertz CT molecular complexity index is 375. The van der Waals surface area contributed by atoms with Crippen molar-refractivity contribution in [3.05, 3.63) is 0 Å². The lowest BCUT2D eigenvalue weighted by Crippen LogP contribution is -2.30. The molecule has 0 aliphatic heterocycles. The van der Waals surface area contributed by atoms with Crippen LogP contribution in [0.25, 0.3) is 0 Å². The van der Waals surface area contributed by atoms with E-state index in [2.05, 4.69) is 27.2 Å². The highest BCUT2D eigenvalue weighted by molar-refractivity contribution is 5.38. The maximum absolute atomic E-state index is 9.14. The molecule has 1 rings (SSSR count).